The summed E-state index contributed by atoms with van der Waals surface area (Å²) in [6, 6.07) is 1.39. The first-order valence-electron chi connectivity index (χ1n) is 8.36. The van der Waals surface area contributed by atoms with Gasteiger partial charge in [0.05, 0.1) is 10.6 Å². The van der Waals surface area contributed by atoms with Crippen molar-refractivity contribution in [3.8, 4) is 0 Å². The number of halogens is 3. The van der Waals surface area contributed by atoms with Crippen LogP contribution in [0.25, 0.3) is 0 Å². The zero-order chi connectivity index (χ0) is 18.7. The Kier molecular flexibility index (Phi) is 6.38. The third kappa shape index (κ3) is 4.69. The van der Waals surface area contributed by atoms with Gasteiger partial charge in [0, 0.05) is 6.04 Å². The highest BCUT2D eigenvalue weighted by Crippen LogP contribution is 2.29. The summed E-state index contributed by atoms with van der Waals surface area (Å²) >= 11 is 5.74. The van der Waals surface area contributed by atoms with E-state index in [2.05, 4.69) is 19.2 Å². The molecule has 0 radical (unpaired) electrons. The average Bonchev–Trinajstić information content (AvgIpc) is 2.54. The molecule has 1 N–H and O–H groups in total. The highest BCUT2D eigenvalue weighted by molar-refractivity contribution is 6.33. The van der Waals surface area contributed by atoms with Crippen LogP contribution in [-0.4, -0.2) is 24.0 Å². The number of hydrogen-bond acceptors (Lipinski definition) is 3. The van der Waals surface area contributed by atoms with Crippen molar-refractivity contribution in [2.45, 2.75) is 52.2 Å². The van der Waals surface area contributed by atoms with Crippen molar-refractivity contribution >= 4 is 23.5 Å². The molecule has 1 aromatic rings. The maximum Gasteiger partial charge on any atom is 0.340 e. The largest absolute Gasteiger partial charge is 0.449 e. The molecule has 1 fully saturated rings. The van der Waals surface area contributed by atoms with E-state index in [1.807, 2.05) is 0 Å². The van der Waals surface area contributed by atoms with Crippen molar-refractivity contribution < 1.29 is 23.1 Å². The van der Waals surface area contributed by atoms with Crippen LogP contribution in [0.15, 0.2) is 12.1 Å². The van der Waals surface area contributed by atoms with Crippen molar-refractivity contribution in [2.24, 2.45) is 11.8 Å². The molecule has 4 nitrogen and oxygen atoms in total. The van der Waals surface area contributed by atoms with Crippen molar-refractivity contribution in [1.82, 2.24) is 5.32 Å². The lowest BCUT2D eigenvalue weighted by Gasteiger charge is -2.35. The monoisotopic (exact) mass is 373 g/mol. The van der Waals surface area contributed by atoms with Gasteiger partial charge in [0.25, 0.3) is 5.91 Å². The Labute approximate surface area is 150 Å². The van der Waals surface area contributed by atoms with Gasteiger partial charge in [-0.05, 0) is 37.3 Å². The number of nitrogens with one attached hydrogen (secondary N) is 1. The lowest BCUT2D eigenvalue weighted by Crippen LogP contribution is -2.47. The molecule has 138 valence electrons. The third-order valence-electron chi connectivity index (χ3n) is 4.92. The van der Waals surface area contributed by atoms with E-state index in [0.29, 0.717) is 24.0 Å². The summed E-state index contributed by atoms with van der Waals surface area (Å²) in [5, 5.41) is 2.64. The van der Waals surface area contributed by atoms with E-state index < -0.39 is 29.6 Å². The second-order valence-corrected chi connectivity index (χ2v) is 7.08. The third-order valence-corrected chi connectivity index (χ3v) is 5.23. The minimum Gasteiger partial charge on any atom is -0.449 e. The SMILES string of the molecule is C[C@@H]1[C@H](C)CCC[C@@H]1NC(=O)[C@@H](C)OC(=O)c1cc(F)c(F)cc1Cl. The molecular weight excluding hydrogens is 352 g/mol. The van der Waals surface area contributed by atoms with Gasteiger partial charge in [-0.15, -0.1) is 0 Å². The first-order valence-corrected chi connectivity index (χ1v) is 8.74. The molecule has 1 aliphatic rings. The highest BCUT2D eigenvalue weighted by atomic mass is 35.5. The van der Waals surface area contributed by atoms with Crippen molar-refractivity contribution in [3.05, 3.63) is 34.4 Å². The number of ether oxygens (including phenoxy) is 1. The highest BCUT2D eigenvalue weighted by Gasteiger charge is 2.30. The second-order valence-electron chi connectivity index (χ2n) is 6.68. The molecule has 0 bridgehead atoms. The Morgan fingerprint density at radius 1 is 1.24 bits per heavy atom. The number of carbonyl (C=O) groups is 2. The van der Waals surface area contributed by atoms with E-state index in [4.69, 9.17) is 16.3 Å². The van der Waals surface area contributed by atoms with Crippen molar-refractivity contribution in [1.29, 1.82) is 0 Å². The number of hydrogen-bond donors (Lipinski definition) is 1. The van der Waals surface area contributed by atoms with Gasteiger partial charge in [-0.25, -0.2) is 13.6 Å². The molecule has 0 spiro atoms. The molecule has 1 saturated carbocycles. The molecule has 1 aromatic carbocycles. The number of esters is 1. The van der Waals surface area contributed by atoms with E-state index in [-0.39, 0.29) is 16.6 Å². The normalized spacial score (nSPS) is 24.5. The van der Waals surface area contributed by atoms with Gasteiger partial charge in [-0.2, -0.15) is 0 Å². The van der Waals surface area contributed by atoms with Crippen LogP contribution in [0.3, 0.4) is 0 Å². The van der Waals surface area contributed by atoms with Gasteiger partial charge in [0.2, 0.25) is 0 Å². The van der Waals surface area contributed by atoms with Gasteiger partial charge in [0.15, 0.2) is 17.7 Å². The smallest absolute Gasteiger partial charge is 0.340 e. The maximum absolute atomic E-state index is 13.3. The second kappa shape index (κ2) is 8.13. The standard InChI is InChI=1S/C18H22ClF2NO3/c1-9-5-4-6-16(10(9)2)22-17(23)11(3)25-18(24)12-7-14(20)15(21)8-13(12)19/h7-11,16H,4-6H2,1-3H3,(H,22,23)/t9-,10-,11-,16+/m1/s1. The van der Waals surface area contributed by atoms with Crippen LogP contribution >= 0.6 is 11.6 Å². The fourth-order valence-corrected chi connectivity index (χ4v) is 3.27. The molecule has 4 atom stereocenters. The van der Waals surface area contributed by atoms with Gasteiger partial charge in [-0.3, -0.25) is 4.79 Å². The number of carbonyl (C=O) groups excluding carboxylic acids is 2. The summed E-state index contributed by atoms with van der Waals surface area (Å²) in [6.07, 6.45) is 1.98. The Balaban J connectivity index is 1.99. The minimum absolute atomic E-state index is 0.0317. The summed E-state index contributed by atoms with van der Waals surface area (Å²) in [7, 11) is 0. The Bertz CT molecular complexity index is 668. The fourth-order valence-electron chi connectivity index (χ4n) is 3.04. The number of rotatable bonds is 4. The molecule has 0 saturated heterocycles. The van der Waals surface area contributed by atoms with Crippen LogP contribution in [0.2, 0.25) is 5.02 Å². The number of benzene rings is 1. The predicted octanol–water partition coefficient (Wildman–Crippen LogP) is 4.10. The van der Waals surface area contributed by atoms with Gasteiger partial charge >= 0.3 is 5.97 Å². The van der Waals surface area contributed by atoms with E-state index in [0.717, 1.165) is 19.3 Å². The molecule has 25 heavy (non-hydrogen) atoms. The maximum atomic E-state index is 13.3. The summed E-state index contributed by atoms with van der Waals surface area (Å²) in [5.74, 6) is -2.92. The van der Waals surface area contributed by atoms with Crippen LogP contribution in [-0.2, 0) is 9.53 Å². The molecule has 2 rings (SSSR count). The molecule has 0 aromatic heterocycles. The van der Waals surface area contributed by atoms with E-state index in [1.54, 1.807) is 0 Å². The van der Waals surface area contributed by atoms with Gasteiger partial charge in [-0.1, -0.05) is 38.3 Å². The molecule has 0 heterocycles. The molecule has 1 amide bonds. The van der Waals surface area contributed by atoms with Crippen LogP contribution in [0.5, 0.6) is 0 Å². The van der Waals surface area contributed by atoms with E-state index >= 15 is 0 Å². The van der Waals surface area contributed by atoms with Crippen molar-refractivity contribution in [3.63, 3.8) is 0 Å². The summed E-state index contributed by atoms with van der Waals surface area (Å²) in [6.45, 7) is 5.67. The van der Waals surface area contributed by atoms with E-state index in [1.165, 1.54) is 6.92 Å². The lowest BCUT2D eigenvalue weighted by molar-refractivity contribution is -0.130. The van der Waals surface area contributed by atoms with Crippen LogP contribution in [0.4, 0.5) is 8.78 Å². The van der Waals surface area contributed by atoms with Gasteiger partial charge in [0.1, 0.15) is 0 Å². The molecule has 1 aliphatic carbocycles. The predicted molar refractivity (Wildman–Crippen MR) is 90.4 cm³/mol. The quantitative estimate of drug-likeness (QED) is 0.638. The minimum atomic E-state index is -1.21. The zero-order valence-electron chi connectivity index (χ0n) is 14.4. The van der Waals surface area contributed by atoms with Gasteiger partial charge < -0.3 is 10.1 Å². The average molecular weight is 374 g/mol. The lowest BCUT2D eigenvalue weighted by atomic mass is 9.78. The first-order chi connectivity index (χ1) is 11.7. The Morgan fingerprint density at radius 2 is 1.88 bits per heavy atom. The number of amides is 1. The van der Waals surface area contributed by atoms with Crippen LogP contribution in [0.1, 0.15) is 50.4 Å². The molecule has 0 aliphatic heterocycles. The topological polar surface area (TPSA) is 55.4 Å². The molecule has 7 heteroatoms. The van der Waals surface area contributed by atoms with Crippen LogP contribution in [0, 0.1) is 23.5 Å². The van der Waals surface area contributed by atoms with E-state index in [9.17, 15) is 18.4 Å². The zero-order valence-corrected chi connectivity index (χ0v) is 15.2. The first kappa shape index (κ1) is 19.6. The summed E-state index contributed by atoms with van der Waals surface area (Å²) < 4.78 is 31.4. The fraction of sp³-hybridized carbons (Fsp3) is 0.556. The summed E-state index contributed by atoms with van der Waals surface area (Å²) in [4.78, 5) is 24.4. The van der Waals surface area contributed by atoms with Crippen molar-refractivity contribution in [2.75, 3.05) is 0 Å². The Morgan fingerprint density at radius 3 is 2.56 bits per heavy atom. The molecule has 0 unspecified atom stereocenters. The van der Waals surface area contributed by atoms with Crippen LogP contribution < -0.4 is 5.32 Å². The molecular formula is C18H22ClF2NO3. The Hall–Kier alpha value is -1.69. The summed E-state index contributed by atoms with van der Waals surface area (Å²) in [5.41, 5.74) is -0.320.